The van der Waals surface area contributed by atoms with Crippen LogP contribution in [0, 0.1) is 11.3 Å². The molecule has 1 fully saturated rings. The lowest BCUT2D eigenvalue weighted by atomic mass is 9.64. The first-order valence-corrected chi connectivity index (χ1v) is 7.97. The van der Waals surface area contributed by atoms with Crippen LogP contribution in [0.3, 0.4) is 0 Å². The predicted molar refractivity (Wildman–Crippen MR) is 86.4 cm³/mol. The van der Waals surface area contributed by atoms with Gasteiger partial charge in [0.1, 0.15) is 5.75 Å². The minimum atomic E-state index is 0.153. The number of hydrogen-bond acceptors (Lipinski definition) is 3. The summed E-state index contributed by atoms with van der Waals surface area (Å²) in [6.07, 6.45) is 1.40. The Balaban J connectivity index is 1.90. The molecule has 0 aliphatic heterocycles. The Morgan fingerprint density at radius 1 is 1.33 bits per heavy atom. The Kier molecular flexibility index (Phi) is 4.95. The number of aromatic hydroxyl groups is 1. The van der Waals surface area contributed by atoms with Crippen LogP contribution in [0.1, 0.15) is 52.6 Å². The second kappa shape index (κ2) is 6.37. The summed E-state index contributed by atoms with van der Waals surface area (Å²) in [7, 11) is 0. The van der Waals surface area contributed by atoms with Crippen molar-refractivity contribution in [3.63, 3.8) is 0 Å². The maximum absolute atomic E-state index is 9.59. The van der Waals surface area contributed by atoms with E-state index in [9.17, 15) is 5.11 Å². The number of nitrogens with one attached hydrogen (secondary N) is 1. The smallest absolute Gasteiger partial charge is 0.115 e. The maximum Gasteiger partial charge on any atom is 0.115 e. The van der Waals surface area contributed by atoms with Crippen molar-refractivity contribution in [2.75, 3.05) is 6.61 Å². The molecular weight excluding hydrogens is 262 g/mol. The Morgan fingerprint density at radius 2 is 2.05 bits per heavy atom. The van der Waals surface area contributed by atoms with Gasteiger partial charge in [0.15, 0.2) is 0 Å². The van der Waals surface area contributed by atoms with Crippen molar-refractivity contribution in [3.8, 4) is 5.75 Å². The third-order valence-corrected chi connectivity index (χ3v) is 4.63. The molecular formula is C18H29NO2. The Labute approximate surface area is 128 Å². The van der Waals surface area contributed by atoms with Crippen molar-refractivity contribution in [3.05, 3.63) is 29.8 Å². The van der Waals surface area contributed by atoms with E-state index in [1.54, 1.807) is 6.07 Å². The van der Waals surface area contributed by atoms with Crippen LogP contribution in [0.4, 0.5) is 0 Å². The molecule has 0 aromatic heterocycles. The van der Waals surface area contributed by atoms with Gasteiger partial charge in [-0.05, 0) is 37.0 Å². The minimum Gasteiger partial charge on any atom is -0.508 e. The van der Waals surface area contributed by atoms with Gasteiger partial charge in [0, 0.05) is 24.1 Å². The van der Waals surface area contributed by atoms with Gasteiger partial charge in [-0.3, -0.25) is 0 Å². The number of rotatable bonds is 6. The first-order chi connectivity index (χ1) is 9.80. The SMILES string of the molecule is CC(C)COC1CC(NC(C)c2cccc(O)c2)C1(C)C. The predicted octanol–water partition coefficient (Wildman–Crippen LogP) is 3.88. The Hall–Kier alpha value is -1.06. The third-order valence-electron chi connectivity index (χ3n) is 4.63. The normalized spacial score (nSPS) is 25.6. The maximum atomic E-state index is 9.59. The summed E-state index contributed by atoms with van der Waals surface area (Å²) < 4.78 is 6.01. The van der Waals surface area contributed by atoms with Gasteiger partial charge in [-0.15, -0.1) is 0 Å². The Bertz CT molecular complexity index is 470. The molecule has 1 saturated carbocycles. The van der Waals surface area contributed by atoms with Gasteiger partial charge in [0.25, 0.3) is 0 Å². The van der Waals surface area contributed by atoms with E-state index in [0.717, 1.165) is 18.6 Å². The van der Waals surface area contributed by atoms with Gasteiger partial charge in [-0.2, -0.15) is 0 Å². The van der Waals surface area contributed by atoms with Crippen LogP contribution in [0.2, 0.25) is 0 Å². The zero-order valence-corrected chi connectivity index (χ0v) is 13.9. The molecule has 2 N–H and O–H groups in total. The fourth-order valence-electron chi connectivity index (χ4n) is 2.95. The molecule has 1 aromatic carbocycles. The van der Waals surface area contributed by atoms with Crippen molar-refractivity contribution in [2.45, 2.75) is 59.2 Å². The molecule has 21 heavy (non-hydrogen) atoms. The van der Waals surface area contributed by atoms with Crippen LogP contribution in [-0.2, 0) is 4.74 Å². The quantitative estimate of drug-likeness (QED) is 0.835. The lowest BCUT2D eigenvalue weighted by Crippen LogP contribution is -2.61. The van der Waals surface area contributed by atoms with E-state index in [4.69, 9.17) is 4.74 Å². The number of phenols is 1. The summed E-state index contributed by atoms with van der Waals surface area (Å²) in [5, 5.41) is 13.3. The van der Waals surface area contributed by atoms with Gasteiger partial charge in [0.2, 0.25) is 0 Å². The van der Waals surface area contributed by atoms with Crippen molar-refractivity contribution < 1.29 is 9.84 Å². The molecule has 0 amide bonds. The summed E-state index contributed by atoms with van der Waals surface area (Å²) in [6, 6.07) is 8.16. The highest BCUT2D eigenvalue weighted by Gasteiger charge is 2.49. The fraction of sp³-hybridized carbons (Fsp3) is 0.667. The molecule has 1 aromatic rings. The van der Waals surface area contributed by atoms with Crippen LogP contribution >= 0.6 is 0 Å². The molecule has 3 nitrogen and oxygen atoms in total. The molecule has 3 unspecified atom stereocenters. The molecule has 0 radical (unpaired) electrons. The number of benzene rings is 1. The van der Waals surface area contributed by atoms with Crippen molar-refractivity contribution >= 4 is 0 Å². The van der Waals surface area contributed by atoms with Crippen LogP contribution in [0.5, 0.6) is 5.75 Å². The molecule has 1 aliphatic rings. The van der Waals surface area contributed by atoms with E-state index in [-0.39, 0.29) is 11.5 Å². The minimum absolute atomic E-state index is 0.153. The fourth-order valence-corrected chi connectivity index (χ4v) is 2.95. The summed E-state index contributed by atoms with van der Waals surface area (Å²) in [5.41, 5.74) is 1.28. The lowest BCUT2D eigenvalue weighted by Gasteiger charge is -2.53. The van der Waals surface area contributed by atoms with Gasteiger partial charge in [-0.1, -0.05) is 39.8 Å². The standard InChI is InChI=1S/C18H29NO2/c1-12(2)11-21-17-10-16(18(17,4)5)19-13(3)14-7-6-8-15(20)9-14/h6-9,12-13,16-17,19-20H,10-11H2,1-5H3. The topological polar surface area (TPSA) is 41.5 Å². The van der Waals surface area contributed by atoms with Gasteiger partial charge in [-0.25, -0.2) is 0 Å². The van der Waals surface area contributed by atoms with E-state index in [0.29, 0.717) is 23.8 Å². The average molecular weight is 291 g/mol. The van der Waals surface area contributed by atoms with Gasteiger partial charge >= 0.3 is 0 Å². The Morgan fingerprint density at radius 3 is 2.62 bits per heavy atom. The highest BCUT2D eigenvalue weighted by atomic mass is 16.5. The number of hydrogen-bond donors (Lipinski definition) is 2. The molecule has 3 heteroatoms. The average Bonchev–Trinajstić information content (AvgIpc) is 2.41. The van der Waals surface area contributed by atoms with E-state index in [2.05, 4.69) is 46.0 Å². The van der Waals surface area contributed by atoms with E-state index < -0.39 is 0 Å². The van der Waals surface area contributed by atoms with E-state index in [1.807, 2.05) is 12.1 Å². The molecule has 3 atom stereocenters. The summed E-state index contributed by atoms with van der Waals surface area (Å²) >= 11 is 0. The molecule has 0 bridgehead atoms. The molecule has 1 aliphatic carbocycles. The van der Waals surface area contributed by atoms with Crippen molar-refractivity contribution in [1.29, 1.82) is 0 Å². The summed E-state index contributed by atoms with van der Waals surface area (Å²) in [4.78, 5) is 0. The van der Waals surface area contributed by atoms with Gasteiger partial charge < -0.3 is 15.2 Å². The van der Waals surface area contributed by atoms with Gasteiger partial charge in [0.05, 0.1) is 6.10 Å². The van der Waals surface area contributed by atoms with Crippen LogP contribution in [0.25, 0.3) is 0 Å². The van der Waals surface area contributed by atoms with Crippen LogP contribution < -0.4 is 5.32 Å². The zero-order chi connectivity index (χ0) is 15.6. The van der Waals surface area contributed by atoms with Crippen molar-refractivity contribution in [1.82, 2.24) is 5.32 Å². The largest absolute Gasteiger partial charge is 0.508 e. The first-order valence-electron chi connectivity index (χ1n) is 7.97. The zero-order valence-electron chi connectivity index (χ0n) is 13.9. The van der Waals surface area contributed by atoms with Crippen LogP contribution in [0.15, 0.2) is 24.3 Å². The molecule has 118 valence electrons. The highest BCUT2D eigenvalue weighted by Crippen LogP contribution is 2.44. The lowest BCUT2D eigenvalue weighted by molar-refractivity contribution is -0.125. The first kappa shape index (κ1) is 16.3. The molecule has 0 saturated heterocycles. The van der Waals surface area contributed by atoms with E-state index in [1.165, 1.54) is 0 Å². The van der Waals surface area contributed by atoms with Crippen LogP contribution in [-0.4, -0.2) is 23.9 Å². The summed E-state index contributed by atoms with van der Waals surface area (Å²) in [5.74, 6) is 0.909. The molecule has 0 heterocycles. The number of ether oxygens (including phenoxy) is 1. The third kappa shape index (κ3) is 3.78. The molecule has 2 rings (SSSR count). The monoisotopic (exact) mass is 291 g/mol. The number of phenolic OH excluding ortho intramolecular Hbond substituents is 1. The van der Waals surface area contributed by atoms with Crippen molar-refractivity contribution in [2.24, 2.45) is 11.3 Å². The van der Waals surface area contributed by atoms with E-state index >= 15 is 0 Å². The highest BCUT2D eigenvalue weighted by molar-refractivity contribution is 5.29. The summed E-state index contributed by atoms with van der Waals surface area (Å²) in [6.45, 7) is 11.9. The second-order valence-electron chi connectivity index (χ2n) is 7.31. The molecule has 0 spiro atoms. The second-order valence-corrected chi connectivity index (χ2v) is 7.31.